The monoisotopic (exact) mass is 362 g/mol. The number of benzene rings is 1. The van der Waals surface area contributed by atoms with Crippen molar-refractivity contribution < 1.29 is 0 Å². The molecule has 0 unspecified atom stereocenters. The van der Waals surface area contributed by atoms with Gasteiger partial charge in [-0.25, -0.2) is 4.98 Å². The van der Waals surface area contributed by atoms with Crippen LogP contribution in [0.15, 0.2) is 39.7 Å². The van der Waals surface area contributed by atoms with Gasteiger partial charge in [-0.15, -0.1) is 11.8 Å². The molecule has 0 saturated heterocycles. The average molecular weight is 364 g/mol. The normalized spacial score (nSPS) is 10.6. The SMILES string of the molecule is Nc1ccc(SCc2nc(Cl)ccc2Cl)c(Br)c1. The van der Waals surface area contributed by atoms with Crippen LogP contribution in [0.4, 0.5) is 5.69 Å². The number of thioether (sulfide) groups is 1. The van der Waals surface area contributed by atoms with E-state index in [2.05, 4.69) is 20.9 Å². The molecule has 1 aromatic carbocycles. The Morgan fingerprint density at radius 1 is 1.22 bits per heavy atom. The fourth-order valence-corrected chi connectivity index (χ4v) is 3.37. The number of hydrogen-bond acceptors (Lipinski definition) is 3. The van der Waals surface area contributed by atoms with Crippen molar-refractivity contribution in [2.24, 2.45) is 0 Å². The minimum absolute atomic E-state index is 0.450. The second kappa shape index (κ2) is 6.15. The van der Waals surface area contributed by atoms with Crippen molar-refractivity contribution in [3.05, 3.63) is 50.7 Å². The fourth-order valence-electron chi connectivity index (χ4n) is 1.34. The summed E-state index contributed by atoms with van der Waals surface area (Å²) in [6, 6.07) is 9.12. The van der Waals surface area contributed by atoms with Crippen molar-refractivity contribution in [1.82, 2.24) is 4.98 Å². The maximum absolute atomic E-state index is 6.06. The molecular formula is C12H9BrCl2N2S. The highest BCUT2D eigenvalue weighted by molar-refractivity contribution is 9.10. The topological polar surface area (TPSA) is 38.9 Å². The van der Waals surface area contributed by atoms with E-state index in [-0.39, 0.29) is 0 Å². The zero-order chi connectivity index (χ0) is 13.1. The lowest BCUT2D eigenvalue weighted by molar-refractivity contribution is 1.17. The van der Waals surface area contributed by atoms with Gasteiger partial charge in [-0.05, 0) is 46.3 Å². The van der Waals surface area contributed by atoms with Crippen LogP contribution in [0.1, 0.15) is 5.69 Å². The number of hydrogen-bond donors (Lipinski definition) is 1. The van der Waals surface area contributed by atoms with E-state index in [0.717, 1.165) is 20.7 Å². The summed E-state index contributed by atoms with van der Waals surface area (Å²) in [4.78, 5) is 5.29. The van der Waals surface area contributed by atoms with Crippen molar-refractivity contribution in [3.8, 4) is 0 Å². The third kappa shape index (κ3) is 3.54. The average Bonchev–Trinajstić information content (AvgIpc) is 2.32. The van der Waals surface area contributed by atoms with E-state index in [0.29, 0.717) is 15.9 Å². The Labute approximate surface area is 128 Å². The zero-order valence-electron chi connectivity index (χ0n) is 9.16. The lowest BCUT2D eigenvalue weighted by atomic mass is 10.3. The number of nitrogens with zero attached hydrogens (tertiary/aromatic N) is 1. The van der Waals surface area contributed by atoms with E-state index in [4.69, 9.17) is 28.9 Å². The molecule has 0 aliphatic rings. The van der Waals surface area contributed by atoms with Crippen molar-refractivity contribution >= 4 is 56.6 Å². The van der Waals surface area contributed by atoms with Gasteiger partial charge in [0.25, 0.3) is 0 Å². The van der Waals surface area contributed by atoms with E-state index in [1.54, 1.807) is 23.9 Å². The van der Waals surface area contributed by atoms with E-state index in [1.165, 1.54) is 0 Å². The molecule has 0 atom stereocenters. The molecule has 0 aliphatic carbocycles. The van der Waals surface area contributed by atoms with E-state index in [1.807, 2.05) is 18.2 Å². The van der Waals surface area contributed by atoms with Crippen molar-refractivity contribution in [2.45, 2.75) is 10.6 Å². The Morgan fingerprint density at radius 2 is 2.00 bits per heavy atom. The van der Waals surface area contributed by atoms with E-state index < -0.39 is 0 Å². The van der Waals surface area contributed by atoms with Crippen LogP contribution in [0.2, 0.25) is 10.2 Å². The zero-order valence-corrected chi connectivity index (χ0v) is 13.1. The smallest absolute Gasteiger partial charge is 0.129 e. The number of anilines is 1. The van der Waals surface area contributed by atoms with Crippen LogP contribution in [-0.4, -0.2) is 4.98 Å². The van der Waals surface area contributed by atoms with Gasteiger partial charge in [-0.1, -0.05) is 23.2 Å². The summed E-state index contributed by atoms with van der Waals surface area (Å²) < 4.78 is 0.964. The predicted molar refractivity (Wildman–Crippen MR) is 82.4 cm³/mol. The molecule has 18 heavy (non-hydrogen) atoms. The number of aromatic nitrogens is 1. The second-order valence-corrected chi connectivity index (χ2v) is 6.21. The molecule has 0 radical (unpaired) electrons. The Kier molecular flexibility index (Phi) is 4.78. The third-order valence-electron chi connectivity index (χ3n) is 2.20. The predicted octanol–water partition coefficient (Wildman–Crippen LogP) is 5.03. The number of pyridine rings is 1. The standard InChI is InChI=1S/C12H9BrCl2N2S/c13-8-5-7(16)1-3-11(8)18-6-10-9(14)2-4-12(15)17-10/h1-5H,6,16H2. The van der Waals surface area contributed by atoms with Crippen LogP contribution in [0.3, 0.4) is 0 Å². The minimum atomic E-state index is 0.450. The van der Waals surface area contributed by atoms with Crippen molar-refractivity contribution in [1.29, 1.82) is 0 Å². The van der Waals surface area contributed by atoms with Crippen LogP contribution < -0.4 is 5.73 Å². The molecule has 94 valence electrons. The van der Waals surface area contributed by atoms with Gasteiger partial charge < -0.3 is 5.73 Å². The summed E-state index contributed by atoms with van der Waals surface area (Å²) in [6.07, 6.45) is 0. The number of nitrogens with two attached hydrogens (primary N) is 1. The van der Waals surface area contributed by atoms with Crippen molar-refractivity contribution in [2.75, 3.05) is 5.73 Å². The number of nitrogen functional groups attached to an aromatic ring is 1. The highest BCUT2D eigenvalue weighted by Gasteiger charge is 2.06. The highest BCUT2D eigenvalue weighted by atomic mass is 79.9. The summed E-state index contributed by atoms with van der Waals surface area (Å²) >= 11 is 17.0. The van der Waals surface area contributed by atoms with E-state index >= 15 is 0 Å². The molecular weight excluding hydrogens is 355 g/mol. The largest absolute Gasteiger partial charge is 0.399 e. The van der Waals surface area contributed by atoms with Crippen LogP contribution >= 0.6 is 50.9 Å². The first-order chi connectivity index (χ1) is 8.56. The lowest BCUT2D eigenvalue weighted by Gasteiger charge is -2.06. The Hall–Kier alpha value is -0.420. The van der Waals surface area contributed by atoms with Crippen LogP contribution in [0, 0.1) is 0 Å². The van der Waals surface area contributed by atoms with Gasteiger partial charge in [-0.2, -0.15) is 0 Å². The van der Waals surface area contributed by atoms with Gasteiger partial charge >= 0.3 is 0 Å². The van der Waals surface area contributed by atoms with Crippen LogP contribution in [0.5, 0.6) is 0 Å². The molecule has 2 nitrogen and oxygen atoms in total. The maximum Gasteiger partial charge on any atom is 0.129 e. The van der Waals surface area contributed by atoms with Crippen LogP contribution in [0.25, 0.3) is 0 Å². The molecule has 0 amide bonds. The van der Waals surface area contributed by atoms with Gasteiger partial charge in [-0.3, -0.25) is 0 Å². The van der Waals surface area contributed by atoms with Gasteiger partial charge in [0, 0.05) is 20.8 Å². The molecule has 1 aromatic heterocycles. The molecule has 0 saturated carbocycles. The molecule has 6 heteroatoms. The summed E-state index contributed by atoms with van der Waals surface area (Å²) in [6.45, 7) is 0. The molecule has 0 bridgehead atoms. The molecule has 1 heterocycles. The van der Waals surface area contributed by atoms with Crippen molar-refractivity contribution in [3.63, 3.8) is 0 Å². The van der Waals surface area contributed by atoms with Gasteiger partial charge in [0.2, 0.25) is 0 Å². The Bertz CT molecular complexity index is 578. The minimum Gasteiger partial charge on any atom is -0.399 e. The first-order valence-electron chi connectivity index (χ1n) is 5.05. The summed E-state index contributed by atoms with van der Waals surface area (Å²) in [5, 5.41) is 1.07. The van der Waals surface area contributed by atoms with Crippen LogP contribution in [-0.2, 0) is 5.75 Å². The van der Waals surface area contributed by atoms with Gasteiger partial charge in [0.15, 0.2) is 0 Å². The van der Waals surface area contributed by atoms with Gasteiger partial charge in [0.1, 0.15) is 5.15 Å². The maximum atomic E-state index is 6.06. The van der Waals surface area contributed by atoms with E-state index in [9.17, 15) is 0 Å². The quantitative estimate of drug-likeness (QED) is 0.472. The molecule has 0 fully saturated rings. The third-order valence-corrected chi connectivity index (χ3v) is 4.76. The number of rotatable bonds is 3. The molecule has 0 aliphatic heterocycles. The first kappa shape index (κ1) is 14.0. The second-order valence-electron chi connectivity index (χ2n) is 3.54. The Morgan fingerprint density at radius 3 is 2.72 bits per heavy atom. The van der Waals surface area contributed by atoms with Gasteiger partial charge in [0.05, 0.1) is 10.7 Å². The summed E-state index contributed by atoms with van der Waals surface area (Å²) in [5.41, 5.74) is 7.19. The lowest BCUT2D eigenvalue weighted by Crippen LogP contribution is -1.90. The molecule has 0 spiro atoms. The highest BCUT2D eigenvalue weighted by Crippen LogP contribution is 2.32. The fraction of sp³-hybridized carbons (Fsp3) is 0.0833. The summed E-state index contributed by atoms with van der Waals surface area (Å²) in [7, 11) is 0. The number of halogens is 3. The summed E-state index contributed by atoms with van der Waals surface area (Å²) in [5.74, 6) is 0.655. The Balaban J connectivity index is 2.13. The molecule has 2 N–H and O–H groups in total. The first-order valence-corrected chi connectivity index (χ1v) is 7.58. The molecule has 2 rings (SSSR count). The molecule has 2 aromatic rings.